The van der Waals surface area contributed by atoms with Crippen LogP contribution < -0.4 is 37.5 Å². The van der Waals surface area contributed by atoms with E-state index in [2.05, 4.69) is 31.9 Å². The average Bonchev–Trinajstić information content (AvgIpc) is 3.80. The number of benzene rings is 2. The van der Waals surface area contributed by atoms with Gasteiger partial charge in [0.25, 0.3) is 17.4 Å². The zero-order valence-corrected chi connectivity index (χ0v) is 44.0. The Bertz CT molecular complexity index is 3270. The normalized spacial score (nSPS) is 20.6. The van der Waals surface area contributed by atoms with Crippen molar-refractivity contribution < 1.29 is 62.1 Å². The van der Waals surface area contributed by atoms with Gasteiger partial charge in [0.1, 0.15) is 25.2 Å². The van der Waals surface area contributed by atoms with E-state index in [1.807, 2.05) is 6.92 Å². The molecule has 7 N–H and O–H groups in total. The molecule has 0 spiro atoms. The van der Waals surface area contributed by atoms with Gasteiger partial charge < -0.3 is 51.0 Å². The van der Waals surface area contributed by atoms with E-state index in [4.69, 9.17) is 14.5 Å². The van der Waals surface area contributed by atoms with Crippen molar-refractivity contribution in [1.82, 2.24) is 46.4 Å². The van der Waals surface area contributed by atoms with Crippen LogP contribution in [0, 0.1) is 24.1 Å². The van der Waals surface area contributed by atoms with Gasteiger partial charge in [-0.2, -0.15) is 0 Å². The average molecular weight is 1090 g/mol. The third-order valence-corrected chi connectivity index (χ3v) is 15.6. The number of imide groups is 1. The summed E-state index contributed by atoms with van der Waals surface area (Å²) < 4.78 is 28.0. The predicted molar refractivity (Wildman–Crippen MR) is 279 cm³/mol. The number of hydrogen-bond donors (Lipinski definition) is 7. The van der Waals surface area contributed by atoms with Gasteiger partial charge >= 0.3 is 5.97 Å². The fourth-order valence-electron chi connectivity index (χ4n) is 10.9. The minimum Gasteiger partial charge on any atom is -0.458 e. The number of fused-ring (bicyclic) bond motifs is 5. The number of aromatic nitrogens is 2. The quantitative estimate of drug-likeness (QED) is 0.0210. The fourth-order valence-corrected chi connectivity index (χ4v) is 10.9. The summed E-state index contributed by atoms with van der Waals surface area (Å²) in [4.78, 5) is 134. The summed E-state index contributed by atoms with van der Waals surface area (Å²) in [6.07, 6.45) is 5.52. The first kappa shape index (κ1) is 55.6. The molecule has 1 unspecified atom stereocenters. The van der Waals surface area contributed by atoms with E-state index in [-0.39, 0.29) is 81.1 Å². The maximum absolute atomic E-state index is 15.5. The lowest BCUT2D eigenvalue weighted by atomic mass is 9.81. The van der Waals surface area contributed by atoms with E-state index >= 15 is 4.39 Å². The molecule has 5 atom stereocenters. The van der Waals surface area contributed by atoms with Crippen molar-refractivity contribution in [2.45, 2.75) is 109 Å². The lowest BCUT2D eigenvalue weighted by Crippen LogP contribution is -2.52. The summed E-state index contributed by atoms with van der Waals surface area (Å²) in [5, 5.41) is 28.0. The van der Waals surface area contributed by atoms with Crippen LogP contribution in [0.1, 0.15) is 104 Å². The second-order valence-corrected chi connectivity index (χ2v) is 21.0. The highest BCUT2D eigenvalue weighted by Crippen LogP contribution is 2.53. The Morgan fingerprint density at radius 2 is 1.59 bits per heavy atom. The van der Waals surface area contributed by atoms with Crippen LogP contribution in [0.4, 0.5) is 4.39 Å². The van der Waals surface area contributed by atoms with E-state index in [9.17, 15) is 53.1 Å². The standard InChI is InChI=1S/C56H62FN9O13/c1-4-56(77)35-20-41-50-33(26-66(41)53(75)34(35)27-79-54(56)76)49-38(15-14-32-30(2)37(57)21-39(63-50)48(32)49)64-51(73)36-22-55(36,3)28-78-29-61-44(69)24-60-52(74)40(19-31-11-7-5-8-12-31)62-45(70)25-59-43(68)23-58-42(67)13-9-6-10-18-65-46(71)16-17-47(65)72/h5,7-8,11-12,16-17,20-21,36,38,40,77H,4,6,9-10,13-15,18-19,22-29H2,1-3H3,(H,58,67)(H,59,68)(H,60,74)(H,61,69)(H,62,70)(H,64,73)/t36-,38+,40?,55-,56+/m1/s1. The smallest absolute Gasteiger partial charge is 0.343 e. The number of ether oxygens (including phenoxy) is 2. The number of nitrogens with one attached hydrogen (secondary N) is 6. The minimum atomic E-state index is -2.04. The Hall–Kier alpha value is -8.18. The second-order valence-electron chi connectivity index (χ2n) is 21.0. The first-order chi connectivity index (χ1) is 37.8. The second kappa shape index (κ2) is 23.0. The monoisotopic (exact) mass is 1090 g/mol. The molecule has 2 aromatic heterocycles. The Kier molecular flexibility index (Phi) is 16.2. The Labute approximate surface area is 452 Å². The van der Waals surface area contributed by atoms with Crippen LogP contribution in [-0.4, -0.2) is 118 Å². The summed E-state index contributed by atoms with van der Waals surface area (Å²) >= 11 is 0. The molecule has 5 heterocycles. The maximum atomic E-state index is 15.5. The summed E-state index contributed by atoms with van der Waals surface area (Å²) in [7, 11) is 0. The first-order valence-corrected chi connectivity index (χ1v) is 26.4. The molecule has 2 aromatic carbocycles. The number of rotatable bonds is 23. The van der Waals surface area contributed by atoms with Crippen molar-refractivity contribution >= 4 is 64.1 Å². The molecule has 416 valence electrons. The zero-order chi connectivity index (χ0) is 56.3. The van der Waals surface area contributed by atoms with Gasteiger partial charge in [-0.15, -0.1) is 0 Å². The van der Waals surface area contributed by atoms with Crippen LogP contribution in [-0.2, 0) is 84.2 Å². The van der Waals surface area contributed by atoms with Crippen molar-refractivity contribution in [3.63, 3.8) is 0 Å². The van der Waals surface area contributed by atoms with Gasteiger partial charge in [-0.05, 0) is 73.8 Å². The van der Waals surface area contributed by atoms with Crippen molar-refractivity contribution in [2.24, 2.45) is 11.3 Å². The Balaban J connectivity index is 0.736. The van der Waals surface area contributed by atoms with Crippen molar-refractivity contribution in [3.05, 3.63) is 110 Å². The van der Waals surface area contributed by atoms with Crippen molar-refractivity contribution in [2.75, 3.05) is 39.5 Å². The number of carbonyl (C=O) groups excluding carboxylic acids is 9. The van der Waals surface area contributed by atoms with Crippen LogP contribution >= 0.6 is 0 Å². The molecule has 0 radical (unpaired) electrons. The molecule has 9 rings (SSSR count). The predicted octanol–water partition coefficient (Wildman–Crippen LogP) is 1.31. The Morgan fingerprint density at radius 3 is 2.34 bits per heavy atom. The summed E-state index contributed by atoms with van der Waals surface area (Å²) in [6.45, 7) is 3.78. The fraction of sp³-hybridized carbons (Fsp3) is 0.446. The van der Waals surface area contributed by atoms with Gasteiger partial charge in [0.2, 0.25) is 35.4 Å². The Morgan fingerprint density at radius 1 is 0.886 bits per heavy atom. The third kappa shape index (κ3) is 11.7. The van der Waals surface area contributed by atoms with Crippen LogP contribution in [0.5, 0.6) is 0 Å². The van der Waals surface area contributed by atoms with Gasteiger partial charge in [0.15, 0.2) is 5.60 Å². The SMILES string of the molecule is CC[C@@]1(O)C(=O)OCc2c1cc1n(c2=O)Cc2c-1nc1cc(F)c(C)c3c1c2[C@@H](NC(=O)[C@H]1C[C@]1(C)COCNC(=O)CNC(=O)C(Cc1ccccc1)NC(=O)CNC(=O)CNC(=O)CCCCCN1C(=O)C=CC1=O)CC3. The molecule has 2 aliphatic carbocycles. The van der Waals surface area contributed by atoms with Gasteiger partial charge in [-0.1, -0.05) is 50.6 Å². The highest BCUT2D eigenvalue weighted by atomic mass is 19.1. The minimum absolute atomic E-state index is 0.0332. The van der Waals surface area contributed by atoms with Crippen molar-refractivity contribution in [3.8, 4) is 11.4 Å². The van der Waals surface area contributed by atoms with E-state index < -0.39 is 95.5 Å². The number of aryl methyl sites for hydroxylation is 1. The number of unbranched alkanes of at least 4 members (excludes halogenated alkanes) is 2. The molecule has 1 saturated carbocycles. The molecule has 22 nitrogen and oxygen atoms in total. The third-order valence-electron chi connectivity index (χ3n) is 15.6. The molecule has 3 aliphatic heterocycles. The largest absolute Gasteiger partial charge is 0.458 e. The van der Waals surface area contributed by atoms with Crippen LogP contribution in [0.25, 0.3) is 22.3 Å². The number of aliphatic hydroxyl groups is 1. The molecule has 1 fully saturated rings. The number of halogens is 1. The maximum Gasteiger partial charge on any atom is 0.343 e. The molecule has 0 saturated heterocycles. The van der Waals surface area contributed by atoms with E-state index in [0.29, 0.717) is 77.5 Å². The van der Waals surface area contributed by atoms with Gasteiger partial charge in [0.05, 0.1) is 61.3 Å². The molecule has 5 aliphatic rings. The summed E-state index contributed by atoms with van der Waals surface area (Å²) in [5.41, 5.74) is 1.74. The van der Waals surface area contributed by atoms with Gasteiger partial charge in [0, 0.05) is 65.5 Å². The molecule has 0 bridgehead atoms. The van der Waals surface area contributed by atoms with E-state index in [1.165, 1.54) is 22.8 Å². The number of esters is 1. The zero-order valence-electron chi connectivity index (χ0n) is 44.0. The lowest BCUT2D eigenvalue weighted by Gasteiger charge is -2.31. The van der Waals surface area contributed by atoms with Gasteiger partial charge in [-0.3, -0.25) is 48.1 Å². The summed E-state index contributed by atoms with van der Waals surface area (Å²) in [5.74, 6) is -5.69. The van der Waals surface area contributed by atoms with Crippen LogP contribution in [0.15, 0.2) is 59.4 Å². The molecular weight excluding hydrogens is 1030 g/mol. The highest BCUT2D eigenvalue weighted by Gasteiger charge is 2.55. The molecular formula is C56H62FN9O13. The summed E-state index contributed by atoms with van der Waals surface area (Å²) in [6, 6.07) is 10.1. The lowest BCUT2D eigenvalue weighted by molar-refractivity contribution is -0.172. The van der Waals surface area contributed by atoms with Crippen LogP contribution in [0.2, 0.25) is 0 Å². The molecule has 23 heteroatoms. The van der Waals surface area contributed by atoms with Crippen LogP contribution in [0.3, 0.4) is 0 Å². The molecule has 79 heavy (non-hydrogen) atoms. The topological polar surface area (TPSA) is 303 Å². The number of amides is 8. The van der Waals surface area contributed by atoms with Crippen molar-refractivity contribution in [1.29, 1.82) is 0 Å². The number of nitrogens with zero attached hydrogens (tertiary/aromatic N) is 3. The van der Waals surface area contributed by atoms with E-state index in [1.54, 1.807) is 50.2 Å². The highest BCUT2D eigenvalue weighted by molar-refractivity contribution is 6.12. The molecule has 8 amide bonds. The van der Waals surface area contributed by atoms with E-state index in [0.717, 1.165) is 16.0 Å². The number of cyclic esters (lactones) is 1. The van der Waals surface area contributed by atoms with Gasteiger partial charge in [-0.25, -0.2) is 14.2 Å². The first-order valence-electron chi connectivity index (χ1n) is 26.4. The number of hydrogen-bond acceptors (Lipinski definition) is 14. The number of pyridine rings is 2. The molecule has 4 aromatic rings. The number of carbonyl (C=O) groups is 9.